The number of ether oxygens (including phenoxy) is 1. The fraction of sp³-hybridized carbons (Fsp3) is 0.391. The lowest BCUT2D eigenvalue weighted by atomic mass is 10.1. The normalized spacial score (nSPS) is 15.0. The number of anilines is 1. The number of hydrogen-bond acceptors (Lipinski definition) is 8. The molecule has 1 aliphatic rings. The summed E-state index contributed by atoms with van der Waals surface area (Å²) in [5.41, 5.74) is 1.27. The van der Waals surface area contributed by atoms with E-state index in [1.165, 1.54) is 16.2 Å². The zero-order valence-corrected chi connectivity index (χ0v) is 20.5. The van der Waals surface area contributed by atoms with Crippen molar-refractivity contribution in [2.75, 3.05) is 51.2 Å². The number of carbonyl (C=O) groups is 2. The van der Waals surface area contributed by atoms with Gasteiger partial charge in [-0.25, -0.2) is 4.79 Å². The molecule has 0 unspecified atom stereocenters. The topological polar surface area (TPSA) is 61.9 Å². The molecule has 4 heterocycles. The molecule has 1 amide bonds. The number of nitrogens with one attached hydrogen (secondary N) is 1. The van der Waals surface area contributed by atoms with Gasteiger partial charge >= 0.3 is 5.97 Å². The van der Waals surface area contributed by atoms with Gasteiger partial charge in [-0.3, -0.25) is 9.69 Å². The number of carbonyl (C=O) groups excluding carboxylic acids is 2. The number of nitrogens with zero attached hydrogens (tertiary/aromatic N) is 2. The van der Waals surface area contributed by atoms with Crippen LogP contribution in [-0.2, 0) is 16.0 Å². The summed E-state index contributed by atoms with van der Waals surface area (Å²) in [6.45, 7) is 7.14. The Kier molecular flexibility index (Phi) is 8.10. The van der Waals surface area contributed by atoms with Crippen LogP contribution in [0, 0.1) is 0 Å². The van der Waals surface area contributed by atoms with E-state index in [0.717, 1.165) is 49.6 Å². The van der Waals surface area contributed by atoms with Crippen molar-refractivity contribution in [1.82, 2.24) is 9.80 Å². The predicted octanol–water partition coefficient (Wildman–Crippen LogP) is 4.51. The minimum absolute atomic E-state index is 0.0952. The van der Waals surface area contributed by atoms with Crippen molar-refractivity contribution in [2.24, 2.45) is 0 Å². The van der Waals surface area contributed by atoms with Gasteiger partial charge in [0.2, 0.25) is 5.91 Å². The quantitative estimate of drug-likeness (QED) is 0.448. The molecule has 32 heavy (non-hydrogen) atoms. The number of esters is 1. The van der Waals surface area contributed by atoms with E-state index < -0.39 is 5.97 Å². The molecule has 1 aliphatic heterocycles. The third kappa shape index (κ3) is 5.85. The summed E-state index contributed by atoms with van der Waals surface area (Å²) in [6.07, 6.45) is 1.08. The maximum Gasteiger partial charge on any atom is 0.341 e. The standard InChI is InChI=1S/C23H27N3O3S3/c1-2-29-23(28)21-18(19-6-4-14-31-19)16-32-22(21)24-20(27)15-26-11-9-25(10-12-26)8-7-17-5-3-13-30-17/h3-6,13-14,16H,2,7-12,15H2,1H3,(H,24,27). The van der Waals surface area contributed by atoms with Crippen LogP contribution in [0.5, 0.6) is 0 Å². The number of thiophene rings is 3. The largest absolute Gasteiger partial charge is 0.462 e. The van der Waals surface area contributed by atoms with Crippen LogP contribution in [0.3, 0.4) is 0 Å². The minimum Gasteiger partial charge on any atom is -0.462 e. The zero-order chi connectivity index (χ0) is 22.3. The van der Waals surface area contributed by atoms with Crippen molar-refractivity contribution in [1.29, 1.82) is 0 Å². The third-order valence-corrected chi connectivity index (χ3v) is 8.13. The second-order valence-corrected chi connectivity index (χ2v) is 10.4. The summed E-state index contributed by atoms with van der Waals surface area (Å²) in [5, 5.41) is 9.54. The maximum absolute atomic E-state index is 12.8. The van der Waals surface area contributed by atoms with Crippen molar-refractivity contribution in [3.05, 3.63) is 50.8 Å². The smallest absolute Gasteiger partial charge is 0.341 e. The van der Waals surface area contributed by atoms with Gasteiger partial charge < -0.3 is 15.0 Å². The Hall–Kier alpha value is -2.04. The Labute approximate surface area is 200 Å². The minimum atomic E-state index is -0.396. The molecule has 170 valence electrons. The van der Waals surface area contributed by atoms with Crippen molar-refractivity contribution in [3.63, 3.8) is 0 Å². The van der Waals surface area contributed by atoms with Gasteiger partial charge in [-0.2, -0.15) is 0 Å². The van der Waals surface area contributed by atoms with E-state index in [2.05, 4.69) is 32.6 Å². The molecule has 0 saturated carbocycles. The molecule has 6 nitrogen and oxygen atoms in total. The van der Waals surface area contributed by atoms with E-state index >= 15 is 0 Å². The predicted molar refractivity (Wildman–Crippen MR) is 133 cm³/mol. The fourth-order valence-corrected chi connectivity index (χ4v) is 6.22. The Morgan fingerprint density at radius 1 is 1.03 bits per heavy atom. The highest BCUT2D eigenvalue weighted by atomic mass is 32.1. The van der Waals surface area contributed by atoms with E-state index in [1.54, 1.807) is 29.6 Å². The van der Waals surface area contributed by atoms with Gasteiger partial charge in [-0.1, -0.05) is 12.1 Å². The SMILES string of the molecule is CCOC(=O)c1c(-c2cccs2)csc1NC(=O)CN1CCN(CCc2cccs2)CC1. The Morgan fingerprint density at radius 3 is 2.47 bits per heavy atom. The molecule has 0 aromatic carbocycles. The summed E-state index contributed by atoms with van der Waals surface area (Å²) < 4.78 is 5.26. The molecule has 0 bridgehead atoms. The first-order valence-corrected chi connectivity index (χ1v) is 13.4. The molecular formula is C23H27N3O3S3. The van der Waals surface area contributed by atoms with Crippen LogP contribution in [0.25, 0.3) is 10.4 Å². The highest BCUT2D eigenvalue weighted by Crippen LogP contribution is 2.38. The second-order valence-electron chi connectivity index (χ2n) is 7.55. The van der Waals surface area contributed by atoms with E-state index in [-0.39, 0.29) is 5.91 Å². The lowest BCUT2D eigenvalue weighted by Gasteiger charge is -2.34. The van der Waals surface area contributed by atoms with E-state index in [9.17, 15) is 9.59 Å². The van der Waals surface area contributed by atoms with Crippen LogP contribution in [0.2, 0.25) is 0 Å². The van der Waals surface area contributed by atoms with Crippen LogP contribution in [0.1, 0.15) is 22.2 Å². The highest BCUT2D eigenvalue weighted by Gasteiger charge is 2.24. The fourth-order valence-electron chi connectivity index (χ4n) is 3.73. The van der Waals surface area contributed by atoms with Gasteiger partial charge in [-0.05, 0) is 36.2 Å². The molecule has 0 radical (unpaired) electrons. The monoisotopic (exact) mass is 489 g/mol. The Bertz CT molecular complexity index is 1010. The lowest BCUT2D eigenvalue weighted by molar-refractivity contribution is -0.117. The van der Waals surface area contributed by atoms with Crippen molar-refractivity contribution in [3.8, 4) is 10.4 Å². The zero-order valence-electron chi connectivity index (χ0n) is 18.0. The van der Waals surface area contributed by atoms with Gasteiger partial charge in [0.15, 0.2) is 0 Å². The number of hydrogen-bond donors (Lipinski definition) is 1. The summed E-state index contributed by atoms with van der Waals surface area (Å²) in [5.74, 6) is -0.492. The first-order chi connectivity index (χ1) is 15.6. The van der Waals surface area contributed by atoms with E-state index in [0.29, 0.717) is 23.7 Å². The van der Waals surface area contributed by atoms with Gasteiger partial charge in [0.05, 0.1) is 13.2 Å². The molecule has 9 heteroatoms. The molecule has 1 saturated heterocycles. The number of rotatable bonds is 9. The average Bonchev–Trinajstić information content (AvgIpc) is 3.55. The maximum atomic E-state index is 12.8. The molecule has 3 aromatic heterocycles. The third-order valence-electron chi connectivity index (χ3n) is 5.40. The van der Waals surface area contributed by atoms with Crippen LogP contribution in [0.4, 0.5) is 5.00 Å². The van der Waals surface area contributed by atoms with Crippen molar-refractivity contribution < 1.29 is 14.3 Å². The molecule has 1 fully saturated rings. The lowest BCUT2D eigenvalue weighted by Crippen LogP contribution is -2.49. The molecule has 0 aliphatic carbocycles. The molecule has 3 aromatic rings. The highest BCUT2D eigenvalue weighted by molar-refractivity contribution is 7.17. The summed E-state index contributed by atoms with van der Waals surface area (Å²) >= 11 is 4.74. The molecule has 0 spiro atoms. The van der Waals surface area contributed by atoms with Gasteiger partial charge in [0.25, 0.3) is 0 Å². The van der Waals surface area contributed by atoms with Crippen molar-refractivity contribution in [2.45, 2.75) is 13.3 Å². The second kappa shape index (κ2) is 11.2. The average molecular weight is 490 g/mol. The Morgan fingerprint density at radius 2 is 1.78 bits per heavy atom. The van der Waals surface area contributed by atoms with Gasteiger partial charge in [-0.15, -0.1) is 34.0 Å². The summed E-state index contributed by atoms with van der Waals surface area (Å²) in [7, 11) is 0. The van der Waals surface area contributed by atoms with Crippen LogP contribution < -0.4 is 5.32 Å². The van der Waals surface area contributed by atoms with Crippen LogP contribution in [-0.4, -0.2) is 67.6 Å². The van der Waals surface area contributed by atoms with E-state index in [4.69, 9.17) is 4.74 Å². The number of piperazine rings is 1. The van der Waals surface area contributed by atoms with E-state index in [1.807, 2.05) is 22.9 Å². The molecular weight excluding hydrogens is 462 g/mol. The Balaban J connectivity index is 1.32. The molecule has 0 atom stereocenters. The van der Waals surface area contributed by atoms with Crippen LogP contribution >= 0.6 is 34.0 Å². The molecule has 1 N–H and O–H groups in total. The summed E-state index contributed by atoms with van der Waals surface area (Å²) in [6, 6.07) is 8.20. The molecule has 4 rings (SSSR count). The van der Waals surface area contributed by atoms with Gasteiger partial charge in [0, 0.05) is 53.4 Å². The van der Waals surface area contributed by atoms with Gasteiger partial charge in [0.1, 0.15) is 10.6 Å². The number of amides is 1. The van der Waals surface area contributed by atoms with Crippen molar-refractivity contribution >= 4 is 50.9 Å². The first-order valence-electron chi connectivity index (χ1n) is 10.7. The van der Waals surface area contributed by atoms with Crippen LogP contribution in [0.15, 0.2) is 40.4 Å². The first kappa shape index (κ1) is 23.1. The summed E-state index contributed by atoms with van der Waals surface area (Å²) in [4.78, 5) is 32.4.